The number of benzene rings is 3. The van der Waals surface area contributed by atoms with Crippen molar-refractivity contribution in [1.82, 2.24) is 0 Å². The van der Waals surface area contributed by atoms with Gasteiger partial charge in [-0.25, -0.2) is 0 Å². The van der Waals surface area contributed by atoms with Crippen molar-refractivity contribution < 1.29 is 19.4 Å². The maximum absolute atomic E-state index is 11.8. The van der Waals surface area contributed by atoms with Gasteiger partial charge in [-0.2, -0.15) is 0 Å². The number of halogens is 1. The fraction of sp³-hybridized carbons (Fsp3) is 0.259. The Morgan fingerprint density at radius 2 is 1.34 bits per heavy atom. The van der Waals surface area contributed by atoms with E-state index in [4.69, 9.17) is 21.4 Å². The molecule has 0 atom stereocenters. The lowest BCUT2D eigenvalue weighted by atomic mass is 9.90. The van der Waals surface area contributed by atoms with Gasteiger partial charge in [-0.15, -0.1) is 0 Å². The first-order valence-corrected chi connectivity index (χ1v) is 11.3. The van der Waals surface area contributed by atoms with Gasteiger partial charge in [-0.1, -0.05) is 23.7 Å². The Labute approximate surface area is 192 Å². The summed E-state index contributed by atoms with van der Waals surface area (Å²) in [6.07, 6.45) is 5.03. The van der Waals surface area contributed by atoms with Gasteiger partial charge in [0.15, 0.2) is 11.6 Å². The molecule has 2 aliphatic rings. The highest BCUT2D eigenvalue weighted by atomic mass is 35.5. The molecule has 32 heavy (non-hydrogen) atoms. The number of ether oxygens (including phenoxy) is 1. The molecular formula is C27H25ClO4. The molecule has 0 fully saturated rings. The SMILES string of the molecule is O=C1CCCc2cc(O)ccc21.O=C1CCCc2cc(OCc3ccc(Cl)cc3)ccc21. The number of hydrogen-bond donors (Lipinski definition) is 1. The summed E-state index contributed by atoms with van der Waals surface area (Å²) in [5.41, 5.74) is 4.82. The summed E-state index contributed by atoms with van der Waals surface area (Å²) in [4.78, 5) is 23.1. The summed E-state index contributed by atoms with van der Waals surface area (Å²) >= 11 is 5.85. The molecule has 4 nitrogen and oxygen atoms in total. The van der Waals surface area contributed by atoms with Crippen molar-refractivity contribution in [2.75, 3.05) is 0 Å². The second-order valence-electron chi connectivity index (χ2n) is 8.13. The quantitative estimate of drug-likeness (QED) is 0.507. The van der Waals surface area contributed by atoms with E-state index in [9.17, 15) is 9.59 Å². The zero-order valence-electron chi connectivity index (χ0n) is 17.8. The van der Waals surface area contributed by atoms with E-state index >= 15 is 0 Å². The minimum Gasteiger partial charge on any atom is -0.508 e. The number of carbonyl (C=O) groups excluding carboxylic acids is 2. The Morgan fingerprint density at radius 1 is 0.750 bits per heavy atom. The second kappa shape index (κ2) is 10.0. The zero-order valence-corrected chi connectivity index (χ0v) is 18.5. The molecule has 3 aromatic carbocycles. The molecular weight excluding hydrogens is 424 g/mol. The summed E-state index contributed by atoms with van der Waals surface area (Å²) in [6.45, 7) is 0.504. The summed E-state index contributed by atoms with van der Waals surface area (Å²) in [5.74, 6) is 1.52. The molecule has 0 saturated heterocycles. The molecule has 0 saturated carbocycles. The van der Waals surface area contributed by atoms with Crippen LogP contribution in [-0.4, -0.2) is 16.7 Å². The van der Waals surface area contributed by atoms with Crippen LogP contribution in [-0.2, 0) is 19.4 Å². The van der Waals surface area contributed by atoms with Gasteiger partial charge in [0.2, 0.25) is 0 Å². The van der Waals surface area contributed by atoms with Crippen LogP contribution in [0.1, 0.15) is 63.1 Å². The normalized spacial score (nSPS) is 14.7. The van der Waals surface area contributed by atoms with Crippen molar-refractivity contribution in [2.45, 2.75) is 45.1 Å². The molecule has 0 radical (unpaired) electrons. The molecule has 0 bridgehead atoms. The summed E-state index contributed by atoms with van der Waals surface area (Å²) in [7, 11) is 0. The summed E-state index contributed by atoms with van der Waals surface area (Å²) < 4.78 is 5.78. The predicted octanol–water partition coefficient (Wildman–Crippen LogP) is 6.35. The van der Waals surface area contributed by atoms with Gasteiger partial charge in [-0.05, 0) is 90.9 Å². The van der Waals surface area contributed by atoms with Crippen molar-refractivity contribution in [3.8, 4) is 11.5 Å². The predicted molar refractivity (Wildman–Crippen MR) is 125 cm³/mol. The van der Waals surface area contributed by atoms with Crippen LogP contribution in [0.15, 0.2) is 60.7 Å². The molecule has 3 aromatic rings. The monoisotopic (exact) mass is 448 g/mol. The van der Waals surface area contributed by atoms with Gasteiger partial charge in [0.1, 0.15) is 18.1 Å². The number of carbonyl (C=O) groups is 2. The third-order valence-corrected chi connectivity index (χ3v) is 6.04. The highest BCUT2D eigenvalue weighted by Gasteiger charge is 2.18. The smallest absolute Gasteiger partial charge is 0.163 e. The van der Waals surface area contributed by atoms with Crippen LogP contribution in [0.2, 0.25) is 5.02 Å². The van der Waals surface area contributed by atoms with E-state index in [1.54, 1.807) is 18.2 Å². The van der Waals surface area contributed by atoms with E-state index in [0.717, 1.165) is 64.3 Å². The first kappa shape index (κ1) is 22.1. The van der Waals surface area contributed by atoms with Gasteiger partial charge >= 0.3 is 0 Å². The molecule has 5 heteroatoms. The Balaban J connectivity index is 0.000000174. The highest BCUT2D eigenvalue weighted by molar-refractivity contribution is 6.30. The highest BCUT2D eigenvalue weighted by Crippen LogP contribution is 2.26. The van der Waals surface area contributed by atoms with Crippen molar-refractivity contribution in [1.29, 1.82) is 0 Å². The van der Waals surface area contributed by atoms with E-state index in [-0.39, 0.29) is 17.3 Å². The van der Waals surface area contributed by atoms with Gasteiger partial charge in [0.25, 0.3) is 0 Å². The first-order valence-electron chi connectivity index (χ1n) is 10.9. The van der Waals surface area contributed by atoms with Crippen molar-refractivity contribution in [3.63, 3.8) is 0 Å². The molecule has 0 aliphatic heterocycles. The van der Waals surface area contributed by atoms with Crippen LogP contribution >= 0.6 is 11.6 Å². The number of fused-ring (bicyclic) bond motifs is 2. The van der Waals surface area contributed by atoms with Crippen LogP contribution in [0.4, 0.5) is 0 Å². The number of phenolic OH excluding ortho intramolecular Hbond substituents is 1. The van der Waals surface area contributed by atoms with Gasteiger partial charge in [0.05, 0.1) is 0 Å². The summed E-state index contributed by atoms with van der Waals surface area (Å²) in [5, 5.41) is 9.89. The number of rotatable bonds is 3. The Kier molecular flexibility index (Phi) is 6.91. The van der Waals surface area contributed by atoms with Crippen molar-refractivity contribution in [2.24, 2.45) is 0 Å². The van der Waals surface area contributed by atoms with Crippen LogP contribution in [0, 0.1) is 0 Å². The molecule has 0 heterocycles. The van der Waals surface area contributed by atoms with Crippen LogP contribution in [0.25, 0.3) is 0 Å². The molecule has 1 N–H and O–H groups in total. The van der Waals surface area contributed by atoms with Crippen molar-refractivity contribution >= 4 is 23.2 Å². The topological polar surface area (TPSA) is 63.6 Å². The Morgan fingerprint density at radius 3 is 2.00 bits per heavy atom. The standard InChI is InChI=1S/C17H15ClO2.C10H10O2/c18-14-6-4-12(5-7-14)11-20-15-8-9-16-13(10-15)2-1-3-17(16)19;11-8-4-5-9-7(6-8)2-1-3-10(9)12/h4-10H,1-3,11H2;4-6,11H,1-3H2. The van der Waals surface area contributed by atoms with E-state index in [2.05, 4.69) is 0 Å². The molecule has 0 amide bonds. The minimum atomic E-state index is 0.205. The molecule has 5 rings (SSSR count). The zero-order chi connectivity index (χ0) is 22.5. The Hall–Kier alpha value is -3.11. The van der Waals surface area contributed by atoms with E-state index in [1.165, 1.54) is 0 Å². The molecule has 0 aromatic heterocycles. The second-order valence-corrected chi connectivity index (χ2v) is 8.57. The maximum atomic E-state index is 11.8. The van der Waals surface area contributed by atoms with E-state index in [1.807, 2.05) is 42.5 Å². The molecule has 2 aliphatic carbocycles. The lowest BCUT2D eigenvalue weighted by Crippen LogP contribution is -2.10. The molecule has 0 unspecified atom stereocenters. The average Bonchev–Trinajstić information content (AvgIpc) is 2.79. The average molecular weight is 449 g/mol. The molecule has 164 valence electrons. The van der Waals surface area contributed by atoms with Crippen LogP contribution < -0.4 is 4.74 Å². The number of ketones is 2. The fourth-order valence-electron chi connectivity index (χ4n) is 4.09. The van der Waals surface area contributed by atoms with Crippen molar-refractivity contribution in [3.05, 3.63) is 93.5 Å². The third kappa shape index (κ3) is 5.38. The lowest BCUT2D eigenvalue weighted by molar-refractivity contribution is 0.0964. The maximum Gasteiger partial charge on any atom is 0.163 e. The van der Waals surface area contributed by atoms with Crippen LogP contribution in [0.5, 0.6) is 11.5 Å². The Bertz CT molecular complexity index is 1130. The van der Waals surface area contributed by atoms with Gasteiger partial charge < -0.3 is 9.84 Å². The van der Waals surface area contributed by atoms with E-state index in [0.29, 0.717) is 19.4 Å². The van der Waals surface area contributed by atoms with Gasteiger partial charge in [-0.3, -0.25) is 9.59 Å². The van der Waals surface area contributed by atoms with Crippen LogP contribution in [0.3, 0.4) is 0 Å². The van der Waals surface area contributed by atoms with E-state index < -0.39 is 0 Å². The van der Waals surface area contributed by atoms with Gasteiger partial charge in [0, 0.05) is 29.0 Å². The summed E-state index contributed by atoms with van der Waals surface area (Å²) in [6, 6.07) is 18.3. The largest absolute Gasteiger partial charge is 0.508 e. The third-order valence-electron chi connectivity index (χ3n) is 5.79. The number of phenols is 1. The number of aromatic hydroxyl groups is 1. The fourth-order valence-corrected chi connectivity index (χ4v) is 4.22. The first-order chi connectivity index (χ1) is 15.5. The molecule has 0 spiro atoms. The lowest BCUT2D eigenvalue weighted by Gasteiger charge is -2.16. The number of hydrogen-bond acceptors (Lipinski definition) is 4. The minimum absolute atomic E-state index is 0.205. The number of aryl methyl sites for hydroxylation is 2. The number of Topliss-reactive ketones (excluding diaryl/α,β-unsaturated/α-hetero) is 2.